The minimum atomic E-state index is -1.06. The van der Waals surface area contributed by atoms with E-state index in [9.17, 15) is 9.59 Å². The van der Waals surface area contributed by atoms with Crippen LogP contribution in [0.3, 0.4) is 0 Å². The van der Waals surface area contributed by atoms with Crippen LogP contribution < -0.4 is 0 Å². The van der Waals surface area contributed by atoms with E-state index in [4.69, 9.17) is 23.2 Å². The number of hydrogen-bond donors (Lipinski definition) is 0. The Balaban J connectivity index is 1.74. The largest absolute Gasteiger partial charge is 0.306 e. The molecule has 1 aromatic heterocycles. The van der Waals surface area contributed by atoms with E-state index in [0.29, 0.717) is 23.7 Å². The zero-order valence-electron chi connectivity index (χ0n) is 15.0. The highest BCUT2D eigenvalue weighted by molar-refractivity contribution is 6.30. The van der Waals surface area contributed by atoms with Gasteiger partial charge in [0.2, 0.25) is 0 Å². The Hall–Kier alpha value is -2.96. The summed E-state index contributed by atoms with van der Waals surface area (Å²) in [5, 5.41) is 8.53. The Kier molecular flexibility index (Phi) is 4.08. The molecule has 144 valence electrons. The lowest BCUT2D eigenvalue weighted by atomic mass is 9.89. The summed E-state index contributed by atoms with van der Waals surface area (Å²) in [4.78, 5) is 30.1. The van der Waals surface area contributed by atoms with Gasteiger partial charge in [0.05, 0.1) is 0 Å². The van der Waals surface area contributed by atoms with Crippen LogP contribution in [-0.4, -0.2) is 44.9 Å². The molecule has 2 aliphatic heterocycles. The van der Waals surface area contributed by atoms with Gasteiger partial charge in [-0.2, -0.15) is 0 Å². The number of carbonyl (C=O) groups is 2. The molecular formula is C21H14Cl2N4O2. The molecule has 0 bridgehead atoms. The van der Waals surface area contributed by atoms with E-state index >= 15 is 0 Å². The summed E-state index contributed by atoms with van der Waals surface area (Å²) in [5.74, 6) is -0.427. The zero-order chi connectivity index (χ0) is 20.2. The maximum atomic E-state index is 13.5. The van der Waals surface area contributed by atoms with Crippen molar-refractivity contribution in [3.63, 3.8) is 0 Å². The molecule has 1 fully saturated rings. The molecule has 1 unspecified atom stereocenters. The second-order valence-corrected chi connectivity index (χ2v) is 7.70. The van der Waals surface area contributed by atoms with E-state index in [1.54, 1.807) is 34.1 Å². The molecule has 0 radical (unpaired) electrons. The summed E-state index contributed by atoms with van der Waals surface area (Å²) < 4.78 is 0. The van der Waals surface area contributed by atoms with Crippen molar-refractivity contribution >= 4 is 35.0 Å². The molecule has 0 spiro atoms. The average molecular weight is 425 g/mol. The van der Waals surface area contributed by atoms with Crippen LogP contribution in [0.2, 0.25) is 10.2 Å². The average Bonchev–Trinajstić information content (AvgIpc) is 3.25. The van der Waals surface area contributed by atoms with Crippen LogP contribution in [0.4, 0.5) is 0 Å². The molecule has 1 atom stereocenters. The number of rotatable bonds is 2. The van der Waals surface area contributed by atoms with Gasteiger partial charge in [0.25, 0.3) is 11.8 Å². The van der Waals surface area contributed by atoms with Crippen molar-refractivity contribution in [1.29, 1.82) is 0 Å². The number of halogens is 2. The maximum absolute atomic E-state index is 13.5. The summed E-state index contributed by atoms with van der Waals surface area (Å²) in [6.07, 6.45) is 0. The topological polar surface area (TPSA) is 66.4 Å². The van der Waals surface area contributed by atoms with Gasteiger partial charge in [-0.25, -0.2) is 0 Å². The Morgan fingerprint density at radius 2 is 1.69 bits per heavy atom. The van der Waals surface area contributed by atoms with E-state index in [0.717, 1.165) is 11.1 Å². The van der Waals surface area contributed by atoms with E-state index in [-0.39, 0.29) is 22.7 Å². The molecule has 0 aliphatic carbocycles. The number of nitrogens with zero attached hydrogens (tertiary/aromatic N) is 4. The van der Waals surface area contributed by atoms with E-state index in [1.165, 1.54) is 6.07 Å². The highest BCUT2D eigenvalue weighted by Crippen LogP contribution is 2.50. The van der Waals surface area contributed by atoms with Crippen molar-refractivity contribution in [3.05, 3.63) is 93.2 Å². The van der Waals surface area contributed by atoms with Gasteiger partial charge in [0.15, 0.2) is 16.5 Å². The van der Waals surface area contributed by atoms with Gasteiger partial charge in [0.1, 0.15) is 0 Å². The Bertz CT molecular complexity index is 1130. The first-order valence-corrected chi connectivity index (χ1v) is 9.78. The monoisotopic (exact) mass is 424 g/mol. The first kappa shape index (κ1) is 18.1. The fourth-order valence-corrected chi connectivity index (χ4v) is 4.52. The van der Waals surface area contributed by atoms with Crippen molar-refractivity contribution in [1.82, 2.24) is 20.0 Å². The van der Waals surface area contributed by atoms with Crippen LogP contribution in [0.1, 0.15) is 32.0 Å². The fraction of sp³-hybridized carbons (Fsp3) is 0.143. The normalized spacial score (nSPS) is 20.0. The molecule has 3 heterocycles. The molecule has 2 amide bonds. The second kappa shape index (κ2) is 6.54. The SMILES string of the molecule is O=C(c1ccc(Cl)nn1)N1CCN2C(=O)c3ccccc3C12c1ccc(Cl)cc1. The second-order valence-electron chi connectivity index (χ2n) is 6.88. The third-order valence-corrected chi connectivity index (χ3v) is 5.90. The van der Waals surface area contributed by atoms with Gasteiger partial charge < -0.3 is 9.80 Å². The predicted molar refractivity (Wildman–Crippen MR) is 108 cm³/mol. The number of carbonyl (C=O) groups excluding carboxylic acids is 2. The predicted octanol–water partition coefficient (Wildman–Crippen LogP) is 3.60. The highest BCUT2D eigenvalue weighted by Gasteiger charge is 2.59. The van der Waals surface area contributed by atoms with Crippen LogP contribution in [0, 0.1) is 0 Å². The summed E-state index contributed by atoms with van der Waals surface area (Å²) in [5.41, 5.74) is 1.24. The fourth-order valence-electron chi connectivity index (χ4n) is 4.29. The van der Waals surface area contributed by atoms with Gasteiger partial charge in [-0.1, -0.05) is 53.5 Å². The smallest absolute Gasteiger partial charge is 0.276 e. The first-order chi connectivity index (χ1) is 14.0. The van der Waals surface area contributed by atoms with Crippen molar-refractivity contribution in [2.75, 3.05) is 13.1 Å². The van der Waals surface area contributed by atoms with E-state index in [2.05, 4.69) is 10.2 Å². The van der Waals surface area contributed by atoms with Gasteiger partial charge in [-0.05, 0) is 30.3 Å². The summed E-state index contributed by atoms with van der Waals surface area (Å²) in [6, 6.07) is 17.7. The Morgan fingerprint density at radius 3 is 2.41 bits per heavy atom. The van der Waals surface area contributed by atoms with Crippen LogP contribution in [0.25, 0.3) is 0 Å². The number of amides is 2. The number of fused-ring (bicyclic) bond motifs is 3. The molecule has 0 saturated carbocycles. The van der Waals surface area contributed by atoms with Gasteiger partial charge in [-0.15, -0.1) is 10.2 Å². The van der Waals surface area contributed by atoms with Crippen molar-refractivity contribution in [2.45, 2.75) is 5.66 Å². The third kappa shape index (κ3) is 2.49. The molecule has 3 aromatic rings. The van der Waals surface area contributed by atoms with Crippen molar-refractivity contribution in [3.8, 4) is 0 Å². The lowest BCUT2D eigenvalue weighted by molar-refractivity contribution is 0.0370. The molecule has 0 N–H and O–H groups in total. The van der Waals surface area contributed by atoms with Gasteiger partial charge in [0, 0.05) is 34.8 Å². The standard InChI is InChI=1S/C21H14Cl2N4O2/c22-14-7-5-13(6-8-14)21-16-4-2-1-3-15(16)19(28)26(21)11-12-27(21)20(29)17-9-10-18(23)25-24-17/h1-10H,11-12H2. The van der Waals surface area contributed by atoms with Crippen molar-refractivity contribution in [2.24, 2.45) is 0 Å². The third-order valence-electron chi connectivity index (χ3n) is 5.45. The number of benzene rings is 2. The molecule has 2 aliphatic rings. The number of hydrogen-bond acceptors (Lipinski definition) is 4. The maximum Gasteiger partial charge on any atom is 0.276 e. The molecule has 8 heteroatoms. The lowest BCUT2D eigenvalue weighted by Gasteiger charge is -2.40. The van der Waals surface area contributed by atoms with Crippen molar-refractivity contribution < 1.29 is 9.59 Å². The minimum Gasteiger partial charge on any atom is -0.306 e. The Labute approximate surface area is 176 Å². The van der Waals surface area contributed by atoms with E-state index < -0.39 is 5.66 Å². The van der Waals surface area contributed by atoms with E-state index in [1.807, 2.05) is 30.3 Å². The molecule has 6 nitrogen and oxygen atoms in total. The first-order valence-electron chi connectivity index (χ1n) is 9.02. The highest BCUT2D eigenvalue weighted by atomic mass is 35.5. The molecular weight excluding hydrogens is 411 g/mol. The van der Waals surface area contributed by atoms with Gasteiger partial charge >= 0.3 is 0 Å². The van der Waals surface area contributed by atoms with Gasteiger partial charge in [-0.3, -0.25) is 9.59 Å². The minimum absolute atomic E-state index is 0.104. The molecule has 1 saturated heterocycles. The molecule has 5 rings (SSSR count). The molecule has 2 aromatic carbocycles. The number of aromatic nitrogens is 2. The summed E-state index contributed by atoms with van der Waals surface area (Å²) >= 11 is 11.9. The van der Waals surface area contributed by atoms with Crippen LogP contribution in [-0.2, 0) is 5.66 Å². The quantitative estimate of drug-likeness (QED) is 0.630. The molecule has 29 heavy (non-hydrogen) atoms. The summed E-state index contributed by atoms with van der Waals surface area (Å²) in [6.45, 7) is 0.773. The Morgan fingerprint density at radius 1 is 0.931 bits per heavy atom. The van der Waals surface area contributed by atoms with Crippen LogP contribution in [0.5, 0.6) is 0 Å². The van der Waals surface area contributed by atoms with Crippen LogP contribution >= 0.6 is 23.2 Å². The lowest BCUT2D eigenvalue weighted by Crippen LogP contribution is -2.51. The summed E-state index contributed by atoms with van der Waals surface area (Å²) in [7, 11) is 0. The van der Waals surface area contributed by atoms with Crippen LogP contribution in [0.15, 0.2) is 60.7 Å². The zero-order valence-corrected chi connectivity index (χ0v) is 16.6.